The van der Waals surface area contributed by atoms with Gasteiger partial charge in [0.2, 0.25) is 10.0 Å². The molecule has 2 aromatic carbocycles. The number of benzene rings is 2. The lowest BCUT2D eigenvalue weighted by Gasteiger charge is -2.15. The molecule has 0 atom stereocenters. The van der Waals surface area contributed by atoms with Gasteiger partial charge >= 0.3 is 0 Å². The van der Waals surface area contributed by atoms with E-state index >= 15 is 0 Å². The topological polar surface area (TPSA) is 66.5 Å². The van der Waals surface area contributed by atoms with E-state index in [1.807, 2.05) is 18.4 Å². The maximum Gasteiger partial charge on any atom is 0.255 e. The number of amides is 1. The summed E-state index contributed by atoms with van der Waals surface area (Å²) in [6.07, 6.45) is 3.79. The van der Waals surface area contributed by atoms with Crippen LogP contribution in [0.3, 0.4) is 0 Å². The number of thioether (sulfide) groups is 1. The molecule has 1 fully saturated rings. The molecule has 1 saturated heterocycles. The van der Waals surface area contributed by atoms with Gasteiger partial charge in [0.25, 0.3) is 5.91 Å². The predicted octanol–water partition coefficient (Wildman–Crippen LogP) is 3.45. The second kappa shape index (κ2) is 7.59. The smallest absolute Gasteiger partial charge is 0.255 e. The van der Waals surface area contributed by atoms with Crippen LogP contribution in [0.1, 0.15) is 23.2 Å². The molecule has 1 aliphatic rings. The fourth-order valence-electron chi connectivity index (χ4n) is 2.73. The molecule has 2 aromatic rings. The summed E-state index contributed by atoms with van der Waals surface area (Å²) in [7, 11) is -3.43. The fraction of sp³-hybridized carbons (Fsp3) is 0.278. The van der Waals surface area contributed by atoms with Crippen LogP contribution in [-0.4, -0.2) is 38.0 Å². The third kappa shape index (κ3) is 4.05. The molecule has 132 valence electrons. The maximum atomic E-state index is 12.5. The van der Waals surface area contributed by atoms with Gasteiger partial charge in [-0.15, -0.1) is 11.8 Å². The van der Waals surface area contributed by atoms with Crippen molar-refractivity contribution in [3.05, 3.63) is 54.1 Å². The van der Waals surface area contributed by atoms with E-state index in [1.165, 1.54) is 4.31 Å². The third-order valence-electron chi connectivity index (χ3n) is 4.17. The van der Waals surface area contributed by atoms with E-state index in [0.717, 1.165) is 17.7 Å². The molecule has 3 rings (SSSR count). The zero-order valence-corrected chi connectivity index (χ0v) is 15.6. The van der Waals surface area contributed by atoms with Gasteiger partial charge in [-0.3, -0.25) is 4.79 Å². The molecule has 0 bridgehead atoms. The predicted molar refractivity (Wildman–Crippen MR) is 101 cm³/mol. The first-order valence-electron chi connectivity index (χ1n) is 8.06. The van der Waals surface area contributed by atoms with Crippen LogP contribution in [0.15, 0.2) is 58.3 Å². The molecule has 0 spiro atoms. The van der Waals surface area contributed by atoms with Crippen LogP contribution in [0, 0.1) is 0 Å². The van der Waals surface area contributed by atoms with Gasteiger partial charge in [-0.25, -0.2) is 8.42 Å². The minimum absolute atomic E-state index is 0.220. The molecule has 1 aliphatic heterocycles. The van der Waals surface area contributed by atoms with E-state index in [9.17, 15) is 13.2 Å². The normalized spacial score (nSPS) is 15.2. The zero-order chi connectivity index (χ0) is 17.9. The number of sulfonamides is 1. The highest BCUT2D eigenvalue weighted by Gasteiger charge is 2.26. The van der Waals surface area contributed by atoms with Crippen molar-refractivity contribution in [3.8, 4) is 0 Å². The van der Waals surface area contributed by atoms with E-state index in [2.05, 4.69) is 5.32 Å². The zero-order valence-electron chi connectivity index (χ0n) is 13.9. The van der Waals surface area contributed by atoms with Crippen LogP contribution in [0.4, 0.5) is 5.69 Å². The Kier molecular flexibility index (Phi) is 5.46. The second-order valence-corrected chi connectivity index (χ2v) is 8.64. The molecule has 1 amide bonds. The van der Waals surface area contributed by atoms with Crippen molar-refractivity contribution in [1.29, 1.82) is 0 Å². The molecule has 5 nitrogen and oxygen atoms in total. The molecular weight excluding hydrogens is 356 g/mol. The Balaban J connectivity index is 1.70. The van der Waals surface area contributed by atoms with E-state index in [-0.39, 0.29) is 10.8 Å². The van der Waals surface area contributed by atoms with Crippen molar-refractivity contribution in [3.63, 3.8) is 0 Å². The number of anilines is 1. The molecule has 0 saturated carbocycles. The van der Waals surface area contributed by atoms with Crippen LogP contribution in [0.5, 0.6) is 0 Å². The molecule has 0 aliphatic carbocycles. The highest BCUT2D eigenvalue weighted by molar-refractivity contribution is 7.98. The second-order valence-electron chi connectivity index (χ2n) is 5.82. The Morgan fingerprint density at radius 1 is 1.00 bits per heavy atom. The Hall–Kier alpha value is -1.83. The number of hydrogen-bond donors (Lipinski definition) is 1. The van der Waals surface area contributed by atoms with Crippen LogP contribution in [0.25, 0.3) is 0 Å². The summed E-state index contributed by atoms with van der Waals surface area (Å²) in [5.74, 6) is -0.220. The first-order chi connectivity index (χ1) is 12.0. The third-order valence-corrected chi connectivity index (χ3v) is 6.82. The molecule has 7 heteroatoms. The molecule has 0 unspecified atom stereocenters. The fourth-order valence-corrected chi connectivity index (χ4v) is 4.66. The molecule has 25 heavy (non-hydrogen) atoms. The summed E-state index contributed by atoms with van der Waals surface area (Å²) in [6, 6.07) is 13.7. The summed E-state index contributed by atoms with van der Waals surface area (Å²) in [5.41, 5.74) is 1.13. The lowest BCUT2D eigenvalue weighted by Crippen LogP contribution is -2.27. The monoisotopic (exact) mass is 376 g/mol. The van der Waals surface area contributed by atoms with E-state index in [1.54, 1.807) is 48.2 Å². The van der Waals surface area contributed by atoms with Gasteiger partial charge in [0.15, 0.2) is 0 Å². The summed E-state index contributed by atoms with van der Waals surface area (Å²) < 4.78 is 26.5. The Labute approximate surface area is 152 Å². The summed E-state index contributed by atoms with van der Waals surface area (Å²) in [6.45, 7) is 1.15. The minimum Gasteiger partial charge on any atom is -0.322 e. The molecule has 1 N–H and O–H groups in total. The summed E-state index contributed by atoms with van der Waals surface area (Å²) in [4.78, 5) is 13.6. The highest BCUT2D eigenvalue weighted by atomic mass is 32.2. The number of carbonyl (C=O) groups is 1. The highest BCUT2D eigenvalue weighted by Crippen LogP contribution is 2.22. The summed E-state index contributed by atoms with van der Waals surface area (Å²) in [5, 5.41) is 2.79. The quantitative estimate of drug-likeness (QED) is 0.812. The molecule has 0 radical (unpaired) electrons. The van der Waals surface area contributed by atoms with Crippen LogP contribution in [-0.2, 0) is 10.0 Å². The van der Waals surface area contributed by atoms with E-state index in [0.29, 0.717) is 24.3 Å². The molecule has 1 heterocycles. The Morgan fingerprint density at radius 2 is 1.60 bits per heavy atom. The first kappa shape index (κ1) is 18.0. The van der Waals surface area contributed by atoms with Crippen molar-refractivity contribution in [2.45, 2.75) is 22.6 Å². The van der Waals surface area contributed by atoms with Gasteiger partial charge in [-0.1, -0.05) is 0 Å². The van der Waals surface area contributed by atoms with Crippen LogP contribution < -0.4 is 5.32 Å². The molecular formula is C18H20N2O3S2. The number of nitrogens with one attached hydrogen (secondary N) is 1. The van der Waals surface area contributed by atoms with Gasteiger partial charge in [0.1, 0.15) is 0 Å². The molecule has 0 aromatic heterocycles. The lowest BCUT2D eigenvalue weighted by molar-refractivity contribution is 0.102. The van der Waals surface area contributed by atoms with E-state index in [4.69, 9.17) is 0 Å². The van der Waals surface area contributed by atoms with Crippen molar-refractivity contribution in [2.24, 2.45) is 0 Å². The number of nitrogens with zero attached hydrogens (tertiary/aromatic N) is 1. The first-order valence-corrected chi connectivity index (χ1v) is 10.7. The summed E-state index contributed by atoms with van der Waals surface area (Å²) >= 11 is 1.61. The Morgan fingerprint density at radius 3 is 2.16 bits per heavy atom. The van der Waals surface area contributed by atoms with Crippen molar-refractivity contribution in [2.75, 3.05) is 24.7 Å². The average molecular weight is 377 g/mol. The largest absolute Gasteiger partial charge is 0.322 e. The van der Waals surface area contributed by atoms with Crippen molar-refractivity contribution in [1.82, 2.24) is 4.31 Å². The van der Waals surface area contributed by atoms with Gasteiger partial charge in [-0.2, -0.15) is 4.31 Å². The standard InChI is InChI=1S/C18H20N2O3S2/c1-24-16-8-4-14(5-9-16)18(21)19-15-6-10-17(11-7-15)25(22,23)20-12-2-3-13-20/h4-11H,2-3,12-13H2,1H3,(H,19,21). The van der Waals surface area contributed by atoms with Crippen molar-refractivity contribution < 1.29 is 13.2 Å². The SMILES string of the molecule is CSc1ccc(C(=O)Nc2ccc(S(=O)(=O)N3CCCC3)cc2)cc1. The number of carbonyl (C=O) groups excluding carboxylic acids is 1. The maximum absolute atomic E-state index is 12.5. The number of rotatable bonds is 5. The van der Waals surface area contributed by atoms with Crippen molar-refractivity contribution >= 4 is 33.4 Å². The van der Waals surface area contributed by atoms with E-state index < -0.39 is 10.0 Å². The van der Waals surface area contributed by atoms with Gasteiger partial charge in [-0.05, 0) is 67.6 Å². The lowest BCUT2D eigenvalue weighted by atomic mass is 10.2. The van der Waals surface area contributed by atoms with Gasteiger partial charge in [0, 0.05) is 29.2 Å². The van der Waals surface area contributed by atoms with Crippen LogP contribution in [0.2, 0.25) is 0 Å². The van der Waals surface area contributed by atoms with Crippen LogP contribution >= 0.6 is 11.8 Å². The number of hydrogen-bond acceptors (Lipinski definition) is 4. The Bertz CT molecular complexity index is 841. The minimum atomic E-state index is -3.43. The van der Waals surface area contributed by atoms with Gasteiger partial charge < -0.3 is 5.32 Å². The average Bonchev–Trinajstić information content (AvgIpc) is 3.18. The van der Waals surface area contributed by atoms with Gasteiger partial charge in [0.05, 0.1) is 4.90 Å².